The molecule has 0 unspecified atom stereocenters. The zero-order valence-corrected chi connectivity index (χ0v) is 5.70. The van der Waals surface area contributed by atoms with Crippen LogP contribution in [0.5, 0.6) is 0 Å². The molecule has 0 amide bonds. The lowest BCUT2D eigenvalue weighted by atomic mass is 10.4. The maximum atomic E-state index is 6.53. The molecule has 3 heteroatoms. The van der Waals surface area contributed by atoms with Crippen molar-refractivity contribution >= 4 is 0 Å². The number of aryl methyl sites for hydroxylation is 1. The molecule has 0 atom stereocenters. The molecule has 1 heterocycles. The molecule has 0 aromatic carbocycles. The lowest BCUT2D eigenvalue weighted by Gasteiger charge is -1.93. The van der Waals surface area contributed by atoms with Crippen molar-refractivity contribution in [1.82, 2.24) is 9.78 Å². The molecule has 0 saturated carbocycles. The van der Waals surface area contributed by atoms with Crippen LogP contribution in [-0.2, 0) is 6.54 Å². The lowest BCUT2D eigenvalue weighted by molar-refractivity contribution is 0.597. The van der Waals surface area contributed by atoms with Gasteiger partial charge in [-0.1, -0.05) is 0 Å². The number of aromatic nitrogens is 2. The van der Waals surface area contributed by atoms with Crippen molar-refractivity contribution in [2.75, 3.05) is 6.54 Å². The van der Waals surface area contributed by atoms with Crippen LogP contribution in [0.2, 0.25) is 0 Å². The minimum Gasteiger partial charge on any atom is -0.317 e. The smallest absolute Gasteiger partial charge is 0.216 e. The average molecular weight is 135 g/mol. The van der Waals surface area contributed by atoms with Gasteiger partial charge in [-0.2, -0.15) is 5.10 Å². The minimum atomic E-state index is 0.597. The molecule has 3 nitrogen and oxygen atoms in total. The predicted molar refractivity (Wildman–Crippen MR) is 38.3 cm³/mol. The summed E-state index contributed by atoms with van der Waals surface area (Å²) in [5.74, 6) is 0. The molecular weight excluding hydrogens is 126 g/mol. The summed E-state index contributed by atoms with van der Waals surface area (Å²) in [6.45, 7) is 7.98. The van der Waals surface area contributed by atoms with Crippen LogP contribution in [-0.4, -0.2) is 16.3 Å². The average Bonchev–Trinajstić information content (AvgIpc) is 2.41. The van der Waals surface area contributed by atoms with Gasteiger partial charge in [-0.3, -0.25) is 4.68 Å². The molecule has 0 bridgehead atoms. The number of hydrogen-bond acceptors (Lipinski definition) is 1. The van der Waals surface area contributed by atoms with Gasteiger partial charge < -0.3 is 4.85 Å². The summed E-state index contributed by atoms with van der Waals surface area (Å²) >= 11 is 0. The molecule has 1 aromatic rings. The van der Waals surface area contributed by atoms with E-state index in [2.05, 4.69) is 9.94 Å². The van der Waals surface area contributed by atoms with Crippen LogP contribution in [0, 0.1) is 6.57 Å². The maximum Gasteiger partial charge on any atom is 0.216 e. The standard InChI is InChI=1S/C7H9N3/c1-8-4-2-6-10-7-3-5-9-10/h3,5,7H,2,4,6H2. The number of hydrogen-bond donors (Lipinski definition) is 0. The summed E-state index contributed by atoms with van der Waals surface area (Å²) in [6, 6.07) is 1.89. The summed E-state index contributed by atoms with van der Waals surface area (Å²) in [4.78, 5) is 3.24. The molecule has 0 N–H and O–H groups in total. The quantitative estimate of drug-likeness (QED) is 0.451. The van der Waals surface area contributed by atoms with E-state index < -0.39 is 0 Å². The summed E-state index contributed by atoms with van der Waals surface area (Å²) in [6.07, 6.45) is 4.55. The van der Waals surface area contributed by atoms with Crippen LogP contribution in [0.15, 0.2) is 18.5 Å². The monoisotopic (exact) mass is 135 g/mol. The highest BCUT2D eigenvalue weighted by molar-refractivity contribution is 4.77. The van der Waals surface area contributed by atoms with Gasteiger partial charge in [0.2, 0.25) is 6.54 Å². The molecule has 0 aliphatic heterocycles. The highest BCUT2D eigenvalue weighted by atomic mass is 15.3. The third-order valence-corrected chi connectivity index (χ3v) is 1.22. The molecule has 1 aromatic heterocycles. The van der Waals surface area contributed by atoms with Crippen molar-refractivity contribution in [2.24, 2.45) is 0 Å². The largest absolute Gasteiger partial charge is 0.317 e. The number of rotatable bonds is 3. The van der Waals surface area contributed by atoms with Crippen molar-refractivity contribution in [3.8, 4) is 0 Å². The molecule has 0 aliphatic carbocycles. The highest BCUT2D eigenvalue weighted by Crippen LogP contribution is 1.88. The first kappa shape index (κ1) is 6.81. The molecule has 0 radical (unpaired) electrons. The fraction of sp³-hybridized carbons (Fsp3) is 0.429. The van der Waals surface area contributed by atoms with E-state index in [1.54, 1.807) is 6.20 Å². The van der Waals surface area contributed by atoms with E-state index in [4.69, 9.17) is 6.57 Å². The Morgan fingerprint density at radius 3 is 3.10 bits per heavy atom. The van der Waals surface area contributed by atoms with Crippen molar-refractivity contribution in [3.63, 3.8) is 0 Å². The van der Waals surface area contributed by atoms with Crippen molar-refractivity contribution in [1.29, 1.82) is 0 Å². The van der Waals surface area contributed by atoms with Crippen molar-refractivity contribution in [2.45, 2.75) is 13.0 Å². The first-order valence-electron chi connectivity index (χ1n) is 3.24. The van der Waals surface area contributed by atoms with Gasteiger partial charge in [0.1, 0.15) is 0 Å². The second-order valence-corrected chi connectivity index (χ2v) is 2.00. The first-order chi connectivity index (χ1) is 4.93. The molecule has 0 spiro atoms. The highest BCUT2D eigenvalue weighted by Gasteiger charge is 1.90. The van der Waals surface area contributed by atoms with Crippen LogP contribution in [0.4, 0.5) is 0 Å². The third kappa shape index (κ3) is 1.90. The molecule has 52 valence electrons. The van der Waals surface area contributed by atoms with Crippen molar-refractivity contribution < 1.29 is 0 Å². The van der Waals surface area contributed by atoms with Gasteiger partial charge in [-0.25, -0.2) is 6.57 Å². The topological polar surface area (TPSA) is 22.2 Å². The Balaban J connectivity index is 2.23. The normalized spacial score (nSPS) is 9.10. The van der Waals surface area contributed by atoms with Crippen LogP contribution in [0.1, 0.15) is 6.42 Å². The van der Waals surface area contributed by atoms with Gasteiger partial charge >= 0.3 is 0 Å². The predicted octanol–water partition coefficient (Wildman–Crippen LogP) is 1.19. The second kappa shape index (κ2) is 3.67. The van der Waals surface area contributed by atoms with Gasteiger partial charge in [0.15, 0.2) is 0 Å². The Bertz CT molecular complexity index is 207. The van der Waals surface area contributed by atoms with E-state index in [0.29, 0.717) is 6.54 Å². The summed E-state index contributed by atoms with van der Waals surface area (Å²) in [5.41, 5.74) is 0. The molecule has 0 aliphatic rings. The fourth-order valence-corrected chi connectivity index (χ4v) is 0.744. The Kier molecular flexibility index (Phi) is 2.50. The Hall–Kier alpha value is -1.30. The lowest BCUT2D eigenvalue weighted by Crippen LogP contribution is -1.98. The van der Waals surface area contributed by atoms with Crippen LogP contribution in [0.3, 0.4) is 0 Å². The van der Waals surface area contributed by atoms with E-state index in [1.165, 1.54) is 0 Å². The summed E-state index contributed by atoms with van der Waals surface area (Å²) < 4.78 is 1.84. The van der Waals surface area contributed by atoms with Gasteiger partial charge in [-0.15, -0.1) is 0 Å². The van der Waals surface area contributed by atoms with E-state index in [-0.39, 0.29) is 0 Å². The van der Waals surface area contributed by atoms with Crippen LogP contribution in [0.25, 0.3) is 4.85 Å². The number of nitrogens with zero attached hydrogens (tertiary/aromatic N) is 3. The Morgan fingerprint density at radius 1 is 1.60 bits per heavy atom. The molecule has 10 heavy (non-hydrogen) atoms. The fourth-order valence-electron chi connectivity index (χ4n) is 0.744. The molecule has 0 fully saturated rings. The van der Waals surface area contributed by atoms with E-state index in [1.807, 2.05) is 16.9 Å². The molecule has 1 rings (SSSR count). The first-order valence-corrected chi connectivity index (χ1v) is 3.24. The van der Waals surface area contributed by atoms with Gasteiger partial charge in [0, 0.05) is 25.4 Å². The third-order valence-electron chi connectivity index (χ3n) is 1.22. The summed E-state index contributed by atoms with van der Waals surface area (Å²) in [7, 11) is 0. The zero-order valence-electron chi connectivity index (χ0n) is 5.70. The Morgan fingerprint density at radius 2 is 2.50 bits per heavy atom. The SMILES string of the molecule is [C-]#[N+]CCCn1cccn1. The molecular formula is C7H9N3. The van der Waals surface area contributed by atoms with E-state index in [9.17, 15) is 0 Å². The molecule has 0 saturated heterocycles. The Labute approximate surface area is 60.1 Å². The van der Waals surface area contributed by atoms with Crippen LogP contribution < -0.4 is 0 Å². The van der Waals surface area contributed by atoms with Crippen LogP contribution >= 0.6 is 0 Å². The summed E-state index contributed by atoms with van der Waals surface area (Å²) in [5, 5.41) is 4.00. The minimum absolute atomic E-state index is 0.597. The zero-order chi connectivity index (χ0) is 7.23. The van der Waals surface area contributed by atoms with Crippen molar-refractivity contribution in [3.05, 3.63) is 29.9 Å². The van der Waals surface area contributed by atoms with E-state index >= 15 is 0 Å². The maximum absolute atomic E-state index is 6.53. The second-order valence-electron chi connectivity index (χ2n) is 2.00. The van der Waals surface area contributed by atoms with Gasteiger partial charge in [0.25, 0.3) is 0 Å². The van der Waals surface area contributed by atoms with Gasteiger partial charge in [0.05, 0.1) is 0 Å². The van der Waals surface area contributed by atoms with Gasteiger partial charge in [-0.05, 0) is 6.07 Å². The van der Waals surface area contributed by atoms with E-state index in [0.717, 1.165) is 13.0 Å².